The van der Waals surface area contributed by atoms with Crippen molar-refractivity contribution < 1.29 is 4.79 Å². The second-order valence-electron chi connectivity index (χ2n) is 6.95. The molecular weight excluding hydrogens is 360 g/mol. The summed E-state index contributed by atoms with van der Waals surface area (Å²) in [6, 6.07) is 3.67. The summed E-state index contributed by atoms with van der Waals surface area (Å²) in [5.41, 5.74) is 2.17. The van der Waals surface area contributed by atoms with Crippen LogP contribution in [0.1, 0.15) is 48.2 Å². The van der Waals surface area contributed by atoms with Gasteiger partial charge in [-0.05, 0) is 55.9 Å². The number of pyridine rings is 1. The molecule has 3 aromatic heterocycles. The van der Waals surface area contributed by atoms with Crippen LogP contribution >= 0.6 is 11.3 Å². The maximum absolute atomic E-state index is 12.9. The number of aryl methyl sites for hydroxylation is 3. The fraction of sp³-hybridized carbons (Fsp3) is 0.400. The van der Waals surface area contributed by atoms with Gasteiger partial charge in [-0.1, -0.05) is 0 Å². The predicted molar refractivity (Wildman–Crippen MR) is 106 cm³/mol. The zero-order valence-corrected chi connectivity index (χ0v) is 16.1. The molecule has 0 spiro atoms. The molecule has 0 bridgehead atoms. The Balaban J connectivity index is 1.47. The first kappa shape index (κ1) is 17.9. The zero-order chi connectivity index (χ0) is 18.8. The third kappa shape index (κ3) is 3.64. The summed E-state index contributed by atoms with van der Waals surface area (Å²) >= 11 is 1.64. The molecule has 3 heterocycles. The summed E-state index contributed by atoms with van der Waals surface area (Å²) in [6.45, 7) is 2.27. The molecule has 1 aliphatic rings. The van der Waals surface area contributed by atoms with E-state index in [4.69, 9.17) is 0 Å². The highest BCUT2D eigenvalue weighted by Crippen LogP contribution is 2.33. The molecule has 0 radical (unpaired) electrons. The number of hydrogen-bond donors (Lipinski definition) is 1. The van der Waals surface area contributed by atoms with Gasteiger partial charge in [-0.15, -0.1) is 11.3 Å². The molecule has 1 N–H and O–H groups in total. The van der Waals surface area contributed by atoms with Crippen LogP contribution in [0, 0.1) is 0 Å². The Morgan fingerprint density at radius 2 is 2.07 bits per heavy atom. The van der Waals surface area contributed by atoms with Gasteiger partial charge >= 0.3 is 0 Å². The van der Waals surface area contributed by atoms with Crippen molar-refractivity contribution in [1.82, 2.24) is 19.9 Å². The first-order valence-corrected chi connectivity index (χ1v) is 10.1. The normalized spacial score (nSPS) is 14.7. The van der Waals surface area contributed by atoms with Gasteiger partial charge in [-0.2, -0.15) is 0 Å². The van der Waals surface area contributed by atoms with Crippen LogP contribution in [0.5, 0.6) is 0 Å². The van der Waals surface area contributed by atoms with Crippen molar-refractivity contribution in [3.63, 3.8) is 0 Å². The number of aromatic nitrogens is 3. The second-order valence-corrected chi connectivity index (χ2v) is 8.04. The molecule has 140 valence electrons. The topological polar surface area (TPSA) is 76.9 Å². The van der Waals surface area contributed by atoms with Gasteiger partial charge in [0.05, 0.1) is 17.8 Å². The number of carbonyl (C=O) groups excluding carboxylic acids is 1. The summed E-state index contributed by atoms with van der Waals surface area (Å²) in [7, 11) is 0. The van der Waals surface area contributed by atoms with E-state index in [1.54, 1.807) is 34.6 Å². The van der Waals surface area contributed by atoms with E-state index in [0.717, 1.165) is 35.0 Å². The summed E-state index contributed by atoms with van der Waals surface area (Å²) in [5.74, 6) is -0.0846. The predicted octanol–water partition coefficient (Wildman–Crippen LogP) is 3.00. The number of hydrogen-bond acceptors (Lipinski definition) is 5. The molecule has 1 aliphatic carbocycles. The van der Waals surface area contributed by atoms with E-state index >= 15 is 0 Å². The van der Waals surface area contributed by atoms with E-state index in [0.29, 0.717) is 6.54 Å². The summed E-state index contributed by atoms with van der Waals surface area (Å²) in [5, 5.41) is 3.73. The largest absolute Gasteiger partial charge is 0.350 e. The Morgan fingerprint density at radius 3 is 2.89 bits per heavy atom. The van der Waals surface area contributed by atoms with Gasteiger partial charge in [0.15, 0.2) is 0 Å². The molecule has 1 amide bonds. The van der Waals surface area contributed by atoms with E-state index in [2.05, 4.69) is 15.3 Å². The molecule has 0 aromatic carbocycles. The average molecular weight is 382 g/mol. The summed E-state index contributed by atoms with van der Waals surface area (Å²) in [6.07, 6.45) is 9.55. The van der Waals surface area contributed by atoms with Crippen molar-refractivity contribution in [2.45, 2.75) is 51.6 Å². The maximum Gasteiger partial charge on any atom is 0.262 e. The molecule has 0 unspecified atom stereocenters. The average Bonchev–Trinajstić information content (AvgIpc) is 3.07. The van der Waals surface area contributed by atoms with Gasteiger partial charge < -0.3 is 5.32 Å². The Morgan fingerprint density at radius 1 is 1.30 bits per heavy atom. The first-order chi connectivity index (χ1) is 13.1. The molecule has 3 aromatic rings. The minimum absolute atomic E-state index is 0.0191. The van der Waals surface area contributed by atoms with Gasteiger partial charge in [0, 0.05) is 30.2 Å². The number of nitrogens with zero attached hydrogens (tertiary/aromatic N) is 3. The van der Waals surface area contributed by atoms with Gasteiger partial charge in [-0.25, -0.2) is 4.98 Å². The lowest BCUT2D eigenvalue weighted by molar-refractivity contribution is -0.121. The monoisotopic (exact) mass is 382 g/mol. The van der Waals surface area contributed by atoms with Gasteiger partial charge in [0.2, 0.25) is 5.91 Å². The molecule has 27 heavy (non-hydrogen) atoms. The molecule has 6 nitrogen and oxygen atoms in total. The smallest absolute Gasteiger partial charge is 0.262 e. The molecule has 0 saturated heterocycles. The summed E-state index contributed by atoms with van der Waals surface area (Å²) in [4.78, 5) is 35.8. The lowest BCUT2D eigenvalue weighted by Gasteiger charge is -2.14. The molecule has 0 aliphatic heterocycles. The minimum Gasteiger partial charge on any atom is -0.350 e. The number of nitrogens with one attached hydrogen (secondary N) is 1. The SMILES string of the molecule is C[C@H](NC(=O)CCn1cnc2sc3c(c2c1=O)CCCC3)c1ccncc1. The van der Waals surface area contributed by atoms with Crippen molar-refractivity contribution in [3.8, 4) is 0 Å². The lowest BCUT2D eigenvalue weighted by Crippen LogP contribution is -2.29. The van der Waals surface area contributed by atoms with Crippen molar-refractivity contribution in [1.29, 1.82) is 0 Å². The third-order valence-corrected chi connectivity index (χ3v) is 6.30. The lowest BCUT2D eigenvalue weighted by atomic mass is 9.97. The minimum atomic E-state index is -0.0956. The van der Waals surface area contributed by atoms with Gasteiger partial charge in [0.25, 0.3) is 5.56 Å². The number of thiophene rings is 1. The number of carbonyl (C=O) groups is 1. The fourth-order valence-corrected chi connectivity index (χ4v) is 4.83. The highest BCUT2D eigenvalue weighted by atomic mass is 32.1. The quantitative estimate of drug-likeness (QED) is 0.736. The Kier molecular flexibility index (Phi) is 5.03. The van der Waals surface area contributed by atoms with Crippen LogP contribution in [0.3, 0.4) is 0 Å². The van der Waals surface area contributed by atoms with E-state index in [1.165, 1.54) is 16.9 Å². The van der Waals surface area contributed by atoms with E-state index in [1.807, 2.05) is 19.1 Å². The van der Waals surface area contributed by atoms with Gasteiger partial charge in [-0.3, -0.25) is 19.1 Å². The Hall–Kier alpha value is -2.54. The molecule has 1 atom stereocenters. The highest BCUT2D eigenvalue weighted by molar-refractivity contribution is 7.18. The molecule has 7 heteroatoms. The van der Waals surface area contributed by atoms with Crippen LogP contribution in [-0.2, 0) is 24.2 Å². The molecule has 4 rings (SSSR count). The number of amides is 1. The van der Waals surface area contributed by atoms with E-state index in [-0.39, 0.29) is 23.9 Å². The highest BCUT2D eigenvalue weighted by Gasteiger charge is 2.20. The maximum atomic E-state index is 12.9. The van der Waals surface area contributed by atoms with Crippen LogP contribution in [-0.4, -0.2) is 20.4 Å². The number of rotatable bonds is 5. The van der Waals surface area contributed by atoms with Crippen LogP contribution in [0.2, 0.25) is 0 Å². The molecular formula is C20H22N4O2S. The molecule has 0 saturated carbocycles. The van der Waals surface area contributed by atoms with Crippen LogP contribution in [0.15, 0.2) is 35.6 Å². The van der Waals surface area contributed by atoms with Crippen LogP contribution in [0.4, 0.5) is 0 Å². The van der Waals surface area contributed by atoms with Gasteiger partial charge in [0.1, 0.15) is 4.83 Å². The molecule has 0 fully saturated rings. The standard InChI is InChI=1S/C20H22N4O2S/c1-13(14-6-9-21-10-7-14)23-17(25)8-11-24-12-22-19-18(20(24)26)15-4-2-3-5-16(15)27-19/h6-7,9-10,12-13H,2-5,8,11H2,1H3,(H,23,25)/t13-/m0/s1. The summed E-state index contributed by atoms with van der Waals surface area (Å²) < 4.78 is 1.57. The fourth-order valence-electron chi connectivity index (χ4n) is 3.61. The number of fused-ring (bicyclic) bond motifs is 3. The van der Waals surface area contributed by atoms with Crippen LogP contribution < -0.4 is 10.9 Å². The second kappa shape index (κ2) is 7.60. The van der Waals surface area contributed by atoms with Crippen molar-refractivity contribution in [2.24, 2.45) is 0 Å². The van der Waals surface area contributed by atoms with Crippen LogP contribution in [0.25, 0.3) is 10.2 Å². The Labute approximate surface area is 161 Å². The van der Waals surface area contributed by atoms with E-state index < -0.39 is 0 Å². The van der Waals surface area contributed by atoms with Crippen molar-refractivity contribution in [2.75, 3.05) is 0 Å². The zero-order valence-electron chi connectivity index (χ0n) is 15.3. The Bertz CT molecular complexity index is 1030. The van der Waals surface area contributed by atoms with Crippen molar-refractivity contribution in [3.05, 3.63) is 57.2 Å². The van der Waals surface area contributed by atoms with Crippen molar-refractivity contribution >= 4 is 27.5 Å². The first-order valence-electron chi connectivity index (χ1n) is 9.32. The third-order valence-electron chi connectivity index (χ3n) is 5.11. The van der Waals surface area contributed by atoms with E-state index in [9.17, 15) is 9.59 Å².